The van der Waals surface area contributed by atoms with Crippen LogP contribution in [0.4, 0.5) is 0 Å². The van der Waals surface area contributed by atoms with Gasteiger partial charge in [0.25, 0.3) is 0 Å². The van der Waals surface area contributed by atoms with Crippen LogP contribution < -0.4 is 5.32 Å². The molecule has 90 valence electrons. The smallest absolute Gasteiger partial charge is 0.0441 e. The molecule has 1 fully saturated rings. The molecule has 1 aliphatic rings. The van der Waals surface area contributed by atoms with E-state index in [-0.39, 0.29) is 0 Å². The van der Waals surface area contributed by atoms with Crippen LogP contribution in [-0.4, -0.2) is 34.8 Å². The van der Waals surface area contributed by atoms with Crippen molar-refractivity contribution >= 4 is 11.8 Å². The lowest BCUT2D eigenvalue weighted by Gasteiger charge is -2.30. The van der Waals surface area contributed by atoms with E-state index in [1.807, 2.05) is 0 Å². The molecule has 0 saturated heterocycles. The van der Waals surface area contributed by atoms with Gasteiger partial charge in [-0.15, -0.1) is 0 Å². The first kappa shape index (κ1) is 13.3. The summed E-state index contributed by atoms with van der Waals surface area (Å²) in [6, 6.07) is 0.738. The number of aliphatic hydroxyl groups is 1. The van der Waals surface area contributed by atoms with Crippen LogP contribution in [0.2, 0.25) is 0 Å². The quantitative estimate of drug-likeness (QED) is 0.736. The van der Waals surface area contributed by atoms with Crippen molar-refractivity contribution in [3.8, 4) is 0 Å². The van der Waals surface area contributed by atoms with E-state index in [0.717, 1.165) is 24.3 Å². The molecule has 0 aromatic heterocycles. The Labute approximate surface area is 98.2 Å². The molecule has 0 radical (unpaired) electrons. The van der Waals surface area contributed by atoms with Crippen LogP contribution in [0.25, 0.3) is 0 Å². The number of nitrogens with one attached hydrogen (secondary N) is 1. The Morgan fingerprint density at radius 3 is 2.93 bits per heavy atom. The van der Waals surface area contributed by atoms with E-state index in [4.69, 9.17) is 5.11 Å². The third kappa shape index (κ3) is 5.23. The van der Waals surface area contributed by atoms with E-state index in [1.54, 1.807) is 0 Å². The van der Waals surface area contributed by atoms with E-state index in [1.165, 1.54) is 25.7 Å². The summed E-state index contributed by atoms with van der Waals surface area (Å²) in [4.78, 5) is 0. The van der Waals surface area contributed by atoms with E-state index in [2.05, 4.69) is 30.9 Å². The number of hydrogen-bond donors (Lipinski definition) is 2. The van der Waals surface area contributed by atoms with Gasteiger partial charge in [0.05, 0.1) is 0 Å². The Kier molecular flexibility index (Phi) is 6.69. The zero-order chi connectivity index (χ0) is 11.1. The largest absolute Gasteiger partial charge is 0.396 e. The van der Waals surface area contributed by atoms with Gasteiger partial charge in [0.2, 0.25) is 0 Å². The molecule has 2 nitrogen and oxygen atoms in total. The second-order valence-electron chi connectivity index (χ2n) is 4.50. The molecule has 0 aliphatic heterocycles. The Morgan fingerprint density at radius 1 is 1.47 bits per heavy atom. The monoisotopic (exact) mass is 231 g/mol. The molecule has 0 aromatic carbocycles. The first-order valence-corrected chi connectivity index (χ1v) is 7.20. The van der Waals surface area contributed by atoms with Gasteiger partial charge in [-0.05, 0) is 32.2 Å². The van der Waals surface area contributed by atoms with Crippen molar-refractivity contribution in [2.45, 2.75) is 62.5 Å². The molecule has 0 spiro atoms. The highest BCUT2D eigenvalue weighted by Crippen LogP contribution is 2.32. The molecule has 1 saturated carbocycles. The molecule has 1 aliphatic carbocycles. The molecule has 0 aromatic rings. The van der Waals surface area contributed by atoms with Crippen molar-refractivity contribution in [2.24, 2.45) is 0 Å². The summed E-state index contributed by atoms with van der Waals surface area (Å²) in [5.41, 5.74) is 0. The second kappa shape index (κ2) is 7.53. The minimum Gasteiger partial charge on any atom is -0.396 e. The van der Waals surface area contributed by atoms with E-state index < -0.39 is 0 Å². The van der Waals surface area contributed by atoms with Crippen LogP contribution in [0, 0.1) is 0 Å². The molecule has 1 rings (SSSR count). The standard InChI is InChI=1S/C12H25NOS/c1-3-13-11-5-4-6-12(9-11)15-10(2)7-8-14/h10-14H,3-9H2,1-2H3. The predicted octanol–water partition coefficient (Wildman–Crippen LogP) is 2.41. The van der Waals surface area contributed by atoms with Crippen LogP contribution in [-0.2, 0) is 0 Å². The molecule has 0 bridgehead atoms. The van der Waals surface area contributed by atoms with Gasteiger partial charge < -0.3 is 10.4 Å². The first-order valence-electron chi connectivity index (χ1n) is 6.26. The Balaban J connectivity index is 2.23. The van der Waals surface area contributed by atoms with Crippen molar-refractivity contribution < 1.29 is 5.11 Å². The van der Waals surface area contributed by atoms with Crippen LogP contribution >= 0.6 is 11.8 Å². The summed E-state index contributed by atoms with van der Waals surface area (Å²) in [6.07, 6.45) is 6.32. The van der Waals surface area contributed by atoms with Crippen LogP contribution in [0.3, 0.4) is 0 Å². The van der Waals surface area contributed by atoms with Crippen molar-refractivity contribution in [1.82, 2.24) is 5.32 Å². The predicted molar refractivity (Wildman–Crippen MR) is 68.5 cm³/mol. The molecule has 0 amide bonds. The molecular weight excluding hydrogens is 206 g/mol. The third-order valence-corrected chi connectivity index (χ3v) is 4.59. The zero-order valence-electron chi connectivity index (χ0n) is 10.0. The highest BCUT2D eigenvalue weighted by Gasteiger charge is 2.22. The van der Waals surface area contributed by atoms with Gasteiger partial charge in [0.15, 0.2) is 0 Å². The lowest BCUT2D eigenvalue weighted by molar-refractivity contribution is 0.288. The maximum atomic E-state index is 8.88. The Bertz CT molecular complexity index is 162. The minimum atomic E-state index is 0.331. The van der Waals surface area contributed by atoms with Crippen molar-refractivity contribution in [3.05, 3.63) is 0 Å². The average molecular weight is 231 g/mol. The van der Waals surface area contributed by atoms with Crippen LogP contribution in [0.1, 0.15) is 46.0 Å². The number of rotatable bonds is 6. The molecule has 3 heteroatoms. The summed E-state index contributed by atoms with van der Waals surface area (Å²) in [6.45, 7) is 5.84. The zero-order valence-corrected chi connectivity index (χ0v) is 10.9. The highest BCUT2D eigenvalue weighted by atomic mass is 32.2. The van der Waals surface area contributed by atoms with Crippen molar-refractivity contribution in [2.75, 3.05) is 13.2 Å². The van der Waals surface area contributed by atoms with Gasteiger partial charge in [-0.2, -0.15) is 11.8 Å². The topological polar surface area (TPSA) is 32.3 Å². The van der Waals surface area contributed by atoms with Gasteiger partial charge in [0.1, 0.15) is 0 Å². The fraction of sp³-hybridized carbons (Fsp3) is 1.00. The van der Waals surface area contributed by atoms with Crippen molar-refractivity contribution in [3.63, 3.8) is 0 Å². The summed E-state index contributed by atoms with van der Waals surface area (Å²) in [5, 5.41) is 13.9. The van der Waals surface area contributed by atoms with E-state index in [9.17, 15) is 0 Å². The molecular formula is C12H25NOS. The maximum absolute atomic E-state index is 8.88. The summed E-state index contributed by atoms with van der Waals surface area (Å²) in [7, 11) is 0. The summed E-state index contributed by atoms with van der Waals surface area (Å²) in [5.74, 6) is 0. The minimum absolute atomic E-state index is 0.331. The Hall–Kier alpha value is 0.270. The van der Waals surface area contributed by atoms with E-state index in [0.29, 0.717) is 11.9 Å². The van der Waals surface area contributed by atoms with Crippen LogP contribution in [0.5, 0.6) is 0 Å². The van der Waals surface area contributed by atoms with E-state index >= 15 is 0 Å². The molecule has 3 unspecified atom stereocenters. The summed E-state index contributed by atoms with van der Waals surface area (Å²) < 4.78 is 0. The van der Waals surface area contributed by atoms with Gasteiger partial charge in [-0.3, -0.25) is 0 Å². The average Bonchev–Trinajstić information content (AvgIpc) is 2.19. The van der Waals surface area contributed by atoms with Gasteiger partial charge in [0, 0.05) is 23.1 Å². The molecule has 15 heavy (non-hydrogen) atoms. The molecule has 3 atom stereocenters. The fourth-order valence-corrected chi connectivity index (χ4v) is 3.87. The number of thioether (sulfide) groups is 1. The highest BCUT2D eigenvalue weighted by molar-refractivity contribution is 8.00. The SMILES string of the molecule is CCNC1CCCC(SC(C)CCO)C1. The first-order chi connectivity index (χ1) is 7.26. The molecule has 2 N–H and O–H groups in total. The lowest BCUT2D eigenvalue weighted by Crippen LogP contribution is -2.35. The number of aliphatic hydroxyl groups excluding tert-OH is 1. The van der Waals surface area contributed by atoms with Gasteiger partial charge >= 0.3 is 0 Å². The Morgan fingerprint density at radius 2 is 2.27 bits per heavy atom. The third-order valence-electron chi connectivity index (χ3n) is 3.08. The van der Waals surface area contributed by atoms with Crippen LogP contribution in [0.15, 0.2) is 0 Å². The number of hydrogen-bond acceptors (Lipinski definition) is 3. The maximum Gasteiger partial charge on any atom is 0.0441 e. The van der Waals surface area contributed by atoms with Gasteiger partial charge in [-0.25, -0.2) is 0 Å². The van der Waals surface area contributed by atoms with Gasteiger partial charge in [-0.1, -0.05) is 20.3 Å². The summed E-state index contributed by atoms with van der Waals surface area (Å²) >= 11 is 2.07. The molecule has 0 heterocycles. The normalized spacial score (nSPS) is 29.0. The second-order valence-corrected chi connectivity index (χ2v) is 6.25. The fourth-order valence-electron chi connectivity index (χ4n) is 2.32. The lowest BCUT2D eigenvalue weighted by atomic mass is 9.95. The van der Waals surface area contributed by atoms with Crippen molar-refractivity contribution in [1.29, 1.82) is 0 Å².